The van der Waals surface area contributed by atoms with E-state index in [0.29, 0.717) is 41.9 Å². The van der Waals surface area contributed by atoms with Crippen LogP contribution in [0.5, 0.6) is 0 Å². The number of nitrogens with one attached hydrogen (secondary N) is 2. The van der Waals surface area contributed by atoms with E-state index in [1.165, 1.54) is 0 Å². The molecular weight excluding hydrogens is 413 g/mol. The Bertz CT molecular complexity index is 878. The molecule has 3 rings (SSSR count). The summed E-state index contributed by atoms with van der Waals surface area (Å²) < 4.78 is 0. The average molecular weight is 438 g/mol. The number of aromatic nitrogens is 2. The number of halogens is 2. The van der Waals surface area contributed by atoms with Crippen LogP contribution in [0.2, 0.25) is 10.0 Å². The predicted octanol–water partition coefficient (Wildman–Crippen LogP) is 3.28. The van der Waals surface area contributed by atoms with E-state index in [4.69, 9.17) is 23.2 Å². The largest absolute Gasteiger partial charge is 0.394 e. The fourth-order valence-corrected chi connectivity index (χ4v) is 3.50. The third kappa shape index (κ3) is 5.72. The van der Waals surface area contributed by atoms with E-state index in [2.05, 4.69) is 20.6 Å². The minimum Gasteiger partial charge on any atom is -0.394 e. The van der Waals surface area contributed by atoms with E-state index >= 15 is 0 Å². The molecule has 7 nitrogen and oxygen atoms in total. The lowest BCUT2D eigenvalue weighted by molar-refractivity contribution is 0.176. The molecule has 2 amide bonds. The van der Waals surface area contributed by atoms with Gasteiger partial charge in [0.15, 0.2) is 0 Å². The Kier molecular flexibility index (Phi) is 7.16. The summed E-state index contributed by atoms with van der Waals surface area (Å²) in [7, 11) is 0. The number of carbonyl (C=O) groups excluding carboxylic acids is 1. The zero-order valence-electron chi connectivity index (χ0n) is 16.5. The number of anilines is 1. The van der Waals surface area contributed by atoms with Gasteiger partial charge in [0.2, 0.25) is 5.95 Å². The van der Waals surface area contributed by atoms with E-state index in [0.717, 1.165) is 16.8 Å². The predicted molar refractivity (Wildman–Crippen MR) is 114 cm³/mol. The zero-order chi connectivity index (χ0) is 21.0. The Labute approximate surface area is 180 Å². The fraction of sp³-hybridized carbons (Fsp3) is 0.450. The maximum Gasteiger partial charge on any atom is 0.318 e. The van der Waals surface area contributed by atoms with Crippen LogP contribution in [0.15, 0.2) is 24.4 Å². The van der Waals surface area contributed by atoms with Gasteiger partial charge in [0.1, 0.15) is 0 Å². The Balaban J connectivity index is 1.63. The number of carbonyl (C=O) groups is 1. The smallest absolute Gasteiger partial charge is 0.318 e. The Morgan fingerprint density at radius 2 is 2.10 bits per heavy atom. The Morgan fingerprint density at radius 1 is 1.31 bits per heavy atom. The third-order valence-electron chi connectivity index (χ3n) is 4.66. The van der Waals surface area contributed by atoms with Gasteiger partial charge in [-0.1, -0.05) is 29.3 Å². The molecule has 3 N–H and O–H groups in total. The zero-order valence-corrected chi connectivity index (χ0v) is 18.0. The summed E-state index contributed by atoms with van der Waals surface area (Å²) in [5.41, 5.74) is 2.78. The number of urea groups is 1. The topological polar surface area (TPSA) is 90.4 Å². The van der Waals surface area contributed by atoms with Crippen LogP contribution in [0, 0.1) is 0 Å². The molecule has 1 aromatic heterocycles. The van der Waals surface area contributed by atoms with E-state index < -0.39 is 6.04 Å². The molecule has 2 aromatic rings. The molecule has 156 valence electrons. The standard InChI is InChI=1S/C20H25Cl2N5O2/c1-12(2)24-19-23-9-14-5-6-27(10-18(14)26-19)20(29)25-15(11-28)7-13-3-4-16(21)17(22)8-13/h3-4,8-9,12,15,28H,5-7,10-11H2,1-2H3,(H,25,29)(H,23,24,26)/t15-/m0/s1. The van der Waals surface area contributed by atoms with Crippen LogP contribution in [0.3, 0.4) is 0 Å². The molecule has 2 heterocycles. The number of aliphatic hydroxyl groups is 1. The second-order valence-corrected chi connectivity index (χ2v) is 8.23. The molecule has 0 unspecified atom stereocenters. The van der Waals surface area contributed by atoms with Gasteiger partial charge in [0.25, 0.3) is 0 Å². The molecule has 1 aliphatic heterocycles. The monoisotopic (exact) mass is 437 g/mol. The second kappa shape index (κ2) is 9.61. The quantitative estimate of drug-likeness (QED) is 0.644. The van der Waals surface area contributed by atoms with E-state index in [1.807, 2.05) is 26.1 Å². The maximum absolute atomic E-state index is 12.7. The summed E-state index contributed by atoms with van der Waals surface area (Å²) in [6.45, 7) is 4.84. The summed E-state index contributed by atoms with van der Waals surface area (Å²) >= 11 is 12.0. The van der Waals surface area contributed by atoms with Crippen molar-refractivity contribution in [2.75, 3.05) is 18.5 Å². The van der Waals surface area contributed by atoms with Crippen molar-refractivity contribution in [3.05, 3.63) is 51.3 Å². The lowest BCUT2D eigenvalue weighted by Gasteiger charge is -2.30. The average Bonchev–Trinajstić information content (AvgIpc) is 2.69. The lowest BCUT2D eigenvalue weighted by atomic mass is 10.1. The third-order valence-corrected chi connectivity index (χ3v) is 5.40. The molecular formula is C20H25Cl2N5O2. The van der Waals surface area contributed by atoms with E-state index in [-0.39, 0.29) is 18.7 Å². The minimum atomic E-state index is -0.426. The van der Waals surface area contributed by atoms with Gasteiger partial charge >= 0.3 is 6.03 Å². The van der Waals surface area contributed by atoms with Crippen molar-refractivity contribution in [1.82, 2.24) is 20.2 Å². The van der Waals surface area contributed by atoms with Crippen molar-refractivity contribution in [2.45, 2.75) is 45.3 Å². The number of fused-ring (bicyclic) bond motifs is 1. The highest BCUT2D eigenvalue weighted by Gasteiger charge is 2.24. The molecule has 0 saturated carbocycles. The molecule has 0 spiro atoms. The van der Waals surface area contributed by atoms with Gasteiger partial charge in [-0.25, -0.2) is 14.8 Å². The van der Waals surface area contributed by atoms with Crippen LogP contribution in [0.1, 0.15) is 30.7 Å². The normalized spacial score (nSPS) is 14.5. The van der Waals surface area contributed by atoms with Gasteiger partial charge in [-0.2, -0.15) is 0 Å². The first kappa shape index (κ1) is 21.6. The van der Waals surface area contributed by atoms with E-state index in [1.54, 1.807) is 17.0 Å². The van der Waals surface area contributed by atoms with Gasteiger partial charge in [0, 0.05) is 18.8 Å². The highest BCUT2D eigenvalue weighted by Crippen LogP contribution is 2.23. The van der Waals surface area contributed by atoms with Crippen molar-refractivity contribution in [1.29, 1.82) is 0 Å². The molecule has 29 heavy (non-hydrogen) atoms. The maximum atomic E-state index is 12.7. The van der Waals surface area contributed by atoms with Gasteiger partial charge in [-0.15, -0.1) is 0 Å². The summed E-state index contributed by atoms with van der Waals surface area (Å²) in [5, 5.41) is 16.7. The summed E-state index contributed by atoms with van der Waals surface area (Å²) in [6.07, 6.45) is 2.97. The van der Waals surface area contributed by atoms with E-state index in [9.17, 15) is 9.90 Å². The van der Waals surface area contributed by atoms with Crippen molar-refractivity contribution < 1.29 is 9.90 Å². The number of hydrogen-bond acceptors (Lipinski definition) is 5. The Hall–Kier alpha value is -2.09. The highest BCUT2D eigenvalue weighted by atomic mass is 35.5. The van der Waals surface area contributed by atoms with Crippen LogP contribution < -0.4 is 10.6 Å². The molecule has 0 saturated heterocycles. The molecule has 9 heteroatoms. The lowest BCUT2D eigenvalue weighted by Crippen LogP contribution is -2.48. The van der Waals surface area contributed by atoms with Crippen LogP contribution in [0.4, 0.5) is 10.7 Å². The summed E-state index contributed by atoms with van der Waals surface area (Å²) in [4.78, 5) is 23.3. The summed E-state index contributed by atoms with van der Waals surface area (Å²) in [5.74, 6) is 0.564. The molecule has 1 aromatic carbocycles. The number of benzene rings is 1. The van der Waals surface area contributed by atoms with Crippen LogP contribution in [-0.2, 0) is 19.4 Å². The number of amides is 2. The van der Waals surface area contributed by atoms with Gasteiger partial charge in [-0.05, 0) is 49.9 Å². The minimum absolute atomic E-state index is 0.180. The second-order valence-electron chi connectivity index (χ2n) is 7.42. The first-order valence-corrected chi connectivity index (χ1v) is 10.3. The number of hydrogen-bond donors (Lipinski definition) is 3. The fourth-order valence-electron chi connectivity index (χ4n) is 3.18. The van der Waals surface area contributed by atoms with Crippen LogP contribution >= 0.6 is 23.2 Å². The number of rotatable bonds is 6. The Morgan fingerprint density at radius 3 is 2.79 bits per heavy atom. The number of aliphatic hydroxyl groups excluding tert-OH is 1. The molecule has 1 aliphatic rings. The number of nitrogens with zero attached hydrogens (tertiary/aromatic N) is 3. The first-order chi connectivity index (χ1) is 13.9. The first-order valence-electron chi connectivity index (χ1n) is 9.57. The van der Waals surface area contributed by atoms with Crippen molar-refractivity contribution in [3.8, 4) is 0 Å². The highest BCUT2D eigenvalue weighted by molar-refractivity contribution is 6.42. The molecule has 0 radical (unpaired) electrons. The van der Waals surface area contributed by atoms with Crippen LogP contribution in [-0.4, -0.2) is 51.2 Å². The van der Waals surface area contributed by atoms with Crippen molar-refractivity contribution in [3.63, 3.8) is 0 Å². The molecule has 1 atom stereocenters. The van der Waals surface area contributed by atoms with Crippen LogP contribution in [0.25, 0.3) is 0 Å². The van der Waals surface area contributed by atoms with Crippen molar-refractivity contribution in [2.24, 2.45) is 0 Å². The summed E-state index contributed by atoms with van der Waals surface area (Å²) in [6, 6.07) is 4.86. The SMILES string of the molecule is CC(C)Nc1ncc2c(n1)CN(C(=O)N[C@H](CO)Cc1ccc(Cl)c(Cl)c1)CC2. The molecule has 0 fully saturated rings. The van der Waals surface area contributed by atoms with Crippen molar-refractivity contribution >= 4 is 35.2 Å². The molecule has 0 bridgehead atoms. The van der Waals surface area contributed by atoms with Gasteiger partial charge < -0.3 is 20.6 Å². The molecule has 0 aliphatic carbocycles. The van der Waals surface area contributed by atoms with Gasteiger partial charge in [0.05, 0.1) is 34.9 Å². The van der Waals surface area contributed by atoms with Gasteiger partial charge in [-0.3, -0.25) is 0 Å².